The second-order valence-corrected chi connectivity index (χ2v) is 6.32. The van der Waals surface area contributed by atoms with Gasteiger partial charge in [-0.15, -0.1) is 5.10 Å². The normalized spacial score (nSPS) is 10.8. The number of rotatable bonds is 4. The van der Waals surface area contributed by atoms with Gasteiger partial charge in [0.25, 0.3) is 0 Å². The van der Waals surface area contributed by atoms with Gasteiger partial charge < -0.3 is 9.40 Å². The van der Waals surface area contributed by atoms with Crippen LogP contribution in [-0.4, -0.2) is 26.6 Å². The molecule has 0 spiro atoms. The number of imidazole rings is 1. The van der Waals surface area contributed by atoms with Crippen LogP contribution in [0, 0.1) is 0 Å². The van der Waals surface area contributed by atoms with Crippen LogP contribution in [0.25, 0.3) is 28.2 Å². The van der Waals surface area contributed by atoms with Gasteiger partial charge in [-0.25, -0.2) is 4.98 Å². The summed E-state index contributed by atoms with van der Waals surface area (Å²) in [5.41, 5.74) is 4.84. The summed E-state index contributed by atoms with van der Waals surface area (Å²) in [6.45, 7) is 0. The van der Waals surface area contributed by atoms with Crippen LogP contribution in [0.4, 0.5) is 0 Å². The van der Waals surface area contributed by atoms with Gasteiger partial charge in [-0.1, -0.05) is 51.1 Å². The van der Waals surface area contributed by atoms with Gasteiger partial charge in [0.2, 0.25) is 0 Å². The quantitative estimate of drug-likeness (QED) is 0.520. The Morgan fingerprint density at radius 1 is 1.04 bits per heavy atom. The van der Waals surface area contributed by atoms with Crippen molar-refractivity contribution < 1.29 is 4.84 Å². The second-order valence-electron chi connectivity index (χ2n) is 5.47. The monoisotopic (exact) mass is 394 g/mol. The minimum Gasteiger partial charge on any atom is -0.399 e. The Labute approximate surface area is 153 Å². The predicted octanol–water partition coefficient (Wildman–Crippen LogP) is 4.22. The molecule has 0 atom stereocenters. The van der Waals surface area contributed by atoms with Crippen LogP contribution >= 0.6 is 15.9 Å². The molecule has 2 aromatic heterocycles. The van der Waals surface area contributed by atoms with Gasteiger partial charge in [0, 0.05) is 33.7 Å². The Morgan fingerprint density at radius 3 is 2.52 bits per heavy atom. The number of benzene rings is 2. The van der Waals surface area contributed by atoms with E-state index < -0.39 is 0 Å². The zero-order valence-electron chi connectivity index (χ0n) is 13.5. The third kappa shape index (κ3) is 2.96. The third-order valence-electron chi connectivity index (χ3n) is 3.97. The van der Waals surface area contributed by atoms with E-state index in [2.05, 4.69) is 26.0 Å². The Hall–Kier alpha value is -2.86. The first-order valence-electron chi connectivity index (χ1n) is 7.74. The minimum atomic E-state index is 0.850. The highest BCUT2D eigenvalue weighted by atomic mass is 79.9. The molecule has 0 fully saturated rings. The number of hydrogen-bond donors (Lipinski definition) is 0. The highest BCUT2D eigenvalue weighted by Gasteiger charge is 2.14. The summed E-state index contributed by atoms with van der Waals surface area (Å²) in [4.78, 5) is 11.0. The summed E-state index contributed by atoms with van der Waals surface area (Å²) >= 11 is 3.58. The molecule has 25 heavy (non-hydrogen) atoms. The predicted molar refractivity (Wildman–Crippen MR) is 100 cm³/mol. The average molecular weight is 395 g/mol. The van der Waals surface area contributed by atoms with Gasteiger partial charge in [0.05, 0.1) is 12.0 Å². The van der Waals surface area contributed by atoms with Crippen molar-refractivity contribution in [3.63, 3.8) is 0 Å². The fraction of sp³-hybridized carbons (Fsp3) is 0.0526. The van der Waals surface area contributed by atoms with E-state index in [1.807, 2.05) is 65.4 Å². The van der Waals surface area contributed by atoms with Crippen molar-refractivity contribution in [1.82, 2.24) is 19.5 Å². The Morgan fingerprint density at radius 2 is 1.84 bits per heavy atom. The van der Waals surface area contributed by atoms with Crippen molar-refractivity contribution in [1.29, 1.82) is 0 Å². The molecule has 0 saturated carbocycles. The molecule has 0 saturated heterocycles. The van der Waals surface area contributed by atoms with Crippen LogP contribution < -0.4 is 4.84 Å². The van der Waals surface area contributed by atoms with Crippen LogP contribution in [0.2, 0.25) is 0 Å². The highest BCUT2D eigenvalue weighted by Crippen LogP contribution is 2.30. The lowest BCUT2D eigenvalue weighted by Gasteiger charge is -2.06. The molecule has 124 valence electrons. The molecule has 4 rings (SSSR count). The van der Waals surface area contributed by atoms with Crippen LogP contribution in [-0.2, 0) is 0 Å². The summed E-state index contributed by atoms with van der Waals surface area (Å²) < 4.78 is 2.96. The van der Waals surface area contributed by atoms with E-state index in [0.717, 1.165) is 32.7 Å². The third-order valence-corrected chi connectivity index (χ3v) is 4.66. The summed E-state index contributed by atoms with van der Waals surface area (Å²) in [6, 6.07) is 18.2. The SMILES string of the molecule is COn1nc(-c2ccccc2Br)cc1-c1ccc(-n2ccnc2)cc1. The first-order chi connectivity index (χ1) is 12.3. The van der Waals surface area contributed by atoms with Crippen LogP contribution in [0.3, 0.4) is 0 Å². The minimum absolute atomic E-state index is 0.850. The van der Waals surface area contributed by atoms with Crippen molar-refractivity contribution in [2.24, 2.45) is 0 Å². The molecular weight excluding hydrogens is 380 g/mol. The second kappa shape index (κ2) is 6.57. The molecule has 0 unspecified atom stereocenters. The zero-order chi connectivity index (χ0) is 17.2. The Bertz CT molecular complexity index is 991. The fourth-order valence-electron chi connectivity index (χ4n) is 2.71. The van der Waals surface area contributed by atoms with Crippen molar-refractivity contribution >= 4 is 15.9 Å². The van der Waals surface area contributed by atoms with E-state index in [1.165, 1.54) is 0 Å². The van der Waals surface area contributed by atoms with E-state index in [9.17, 15) is 0 Å². The molecule has 2 heterocycles. The lowest BCUT2D eigenvalue weighted by molar-refractivity contribution is 0.139. The molecule has 0 aliphatic carbocycles. The molecule has 0 aliphatic heterocycles. The van der Waals surface area contributed by atoms with Gasteiger partial charge in [-0.2, -0.15) is 0 Å². The molecule has 6 heteroatoms. The number of hydrogen-bond acceptors (Lipinski definition) is 3. The lowest BCUT2D eigenvalue weighted by Crippen LogP contribution is -2.09. The maximum Gasteiger partial charge on any atom is 0.110 e. The van der Waals surface area contributed by atoms with Gasteiger partial charge in [-0.3, -0.25) is 0 Å². The van der Waals surface area contributed by atoms with Gasteiger partial charge >= 0.3 is 0 Å². The standard InChI is InChI=1S/C19H15BrN4O/c1-25-24-19(12-18(22-24)16-4-2-3-5-17(16)20)14-6-8-15(9-7-14)23-11-10-21-13-23/h2-13H,1H3. The largest absolute Gasteiger partial charge is 0.399 e. The summed E-state index contributed by atoms with van der Waals surface area (Å²) in [6.07, 6.45) is 5.46. The summed E-state index contributed by atoms with van der Waals surface area (Å²) in [7, 11) is 1.61. The van der Waals surface area contributed by atoms with E-state index in [-0.39, 0.29) is 0 Å². The summed E-state index contributed by atoms with van der Waals surface area (Å²) in [5, 5.41) is 4.56. The molecule has 0 amide bonds. The smallest absolute Gasteiger partial charge is 0.110 e. The van der Waals surface area contributed by atoms with E-state index >= 15 is 0 Å². The van der Waals surface area contributed by atoms with E-state index in [1.54, 1.807) is 24.5 Å². The van der Waals surface area contributed by atoms with Crippen LogP contribution in [0.15, 0.2) is 77.8 Å². The molecule has 0 bridgehead atoms. The fourth-order valence-corrected chi connectivity index (χ4v) is 3.20. The maximum absolute atomic E-state index is 5.42. The molecule has 0 aliphatic rings. The van der Waals surface area contributed by atoms with E-state index in [4.69, 9.17) is 4.84 Å². The molecular formula is C19H15BrN4O. The van der Waals surface area contributed by atoms with Gasteiger partial charge in [-0.05, 0) is 24.3 Å². The number of aromatic nitrogens is 4. The first-order valence-corrected chi connectivity index (χ1v) is 8.54. The molecule has 0 radical (unpaired) electrons. The first kappa shape index (κ1) is 15.7. The Balaban J connectivity index is 1.74. The number of nitrogens with zero attached hydrogens (tertiary/aromatic N) is 4. The molecule has 2 aromatic carbocycles. The molecule has 4 aromatic rings. The van der Waals surface area contributed by atoms with Crippen molar-refractivity contribution in [2.75, 3.05) is 7.11 Å². The van der Waals surface area contributed by atoms with E-state index in [0.29, 0.717) is 0 Å². The Kier molecular flexibility index (Phi) is 4.11. The number of halogens is 1. The average Bonchev–Trinajstić information content (AvgIpc) is 3.32. The molecule has 5 nitrogen and oxygen atoms in total. The topological polar surface area (TPSA) is 44.9 Å². The zero-order valence-corrected chi connectivity index (χ0v) is 15.1. The lowest BCUT2D eigenvalue weighted by atomic mass is 10.1. The molecule has 0 N–H and O–H groups in total. The van der Waals surface area contributed by atoms with Crippen molar-refractivity contribution in [3.05, 3.63) is 77.8 Å². The van der Waals surface area contributed by atoms with Gasteiger partial charge in [0.15, 0.2) is 0 Å². The van der Waals surface area contributed by atoms with Crippen molar-refractivity contribution in [2.45, 2.75) is 0 Å². The summed E-state index contributed by atoms with van der Waals surface area (Å²) in [5.74, 6) is 0. The van der Waals surface area contributed by atoms with Gasteiger partial charge in [0.1, 0.15) is 12.8 Å². The maximum atomic E-state index is 5.42. The van der Waals surface area contributed by atoms with Crippen LogP contribution in [0.5, 0.6) is 0 Å². The highest BCUT2D eigenvalue weighted by molar-refractivity contribution is 9.10. The van der Waals surface area contributed by atoms with Crippen LogP contribution in [0.1, 0.15) is 0 Å². The van der Waals surface area contributed by atoms with Crippen molar-refractivity contribution in [3.8, 4) is 28.2 Å².